The molecule has 0 atom stereocenters. The molecule has 2 rings (SSSR count). The molecule has 0 unspecified atom stereocenters. The SMILES string of the molecule is O=C(O)Cn1c(C2CC2)csc1=O. The lowest BCUT2D eigenvalue weighted by atomic mass is 10.3. The summed E-state index contributed by atoms with van der Waals surface area (Å²) >= 11 is 1.09. The Balaban J connectivity index is 2.34. The van der Waals surface area contributed by atoms with Crippen LogP contribution in [0.3, 0.4) is 0 Å². The fourth-order valence-corrected chi connectivity index (χ4v) is 2.17. The van der Waals surface area contributed by atoms with Crippen molar-refractivity contribution in [2.24, 2.45) is 0 Å². The van der Waals surface area contributed by atoms with Gasteiger partial charge in [0.2, 0.25) is 0 Å². The highest BCUT2D eigenvalue weighted by Crippen LogP contribution is 2.39. The van der Waals surface area contributed by atoms with Crippen LogP contribution >= 0.6 is 11.3 Å². The van der Waals surface area contributed by atoms with Crippen molar-refractivity contribution in [2.75, 3.05) is 0 Å². The molecule has 5 heteroatoms. The molecule has 0 bridgehead atoms. The molecule has 4 nitrogen and oxygen atoms in total. The highest BCUT2D eigenvalue weighted by molar-refractivity contribution is 7.07. The number of carbonyl (C=O) groups is 1. The van der Waals surface area contributed by atoms with Crippen molar-refractivity contribution < 1.29 is 9.90 Å². The van der Waals surface area contributed by atoms with E-state index >= 15 is 0 Å². The third-order valence-corrected chi connectivity index (χ3v) is 2.88. The fraction of sp³-hybridized carbons (Fsp3) is 0.500. The van der Waals surface area contributed by atoms with Gasteiger partial charge in [0, 0.05) is 17.0 Å². The van der Waals surface area contributed by atoms with E-state index in [1.807, 2.05) is 0 Å². The zero-order chi connectivity index (χ0) is 9.42. The normalized spacial score (nSPS) is 16.0. The van der Waals surface area contributed by atoms with E-state index in [1.54, 1.807) is 5.38 Å². The Hall–Kier alpha value is -1.10. The van der Waals surface area contributed by atoms with E-state index in [2.05, 4.69) is 0 Å². The molecule has 1 aliphatic rings. The van der Waals surface area contributed by atoms with E-state index in [1.165, 1.54) is 4.57 Å². The molecule has 13 heavy (non-hydrogen) atoms. The summed E-state index contributed by atoms with van der Waals surface area (Å²) in [4.78, 5) is 21.5. The second-order valence-corrected chi connectivity index (χ2v) is 4.00. The monoisotopic (exact) mass is 199 g/mol. The van der Waals surface area contributed by atoms with Crippen LogP contribution in [0.15, 0.2) is 10.2 Å². The zero-order valence-electron chi connectivity index (χ0n) is 6.90. The lowest BCUT2D eigenvalue weighted by Crippen LogP contribution is -2.20. The predicted octanol–water partition coefficient (Wildman–Crippen LogP) is 0.872. The summed E-state index contributed by atoms with van der Waals surface area (Å²) < 4.78 is 1.37. The predicted molar refractivity (Wildman–Crippen MR) is 48.2 cm³/mol. The van der Waals surface area contributed by atoms with Crippen LogP contribution in [0.5, 0.6) is 0 Å². The van der Waals surface area contributed by atoms with E-state index < -0.39 is 5.97 Å². The number of aliphatic carboxylic acids is 1. The number of thiazole rings is 1. The molecule has 1 heterocycles. The summed E-state index contributed by atoms with van der Waals surface area (Å²) in [5.41, 5.74) is 0.900. The van der Waals surface area contributed by atoms with Gasteiger partial charge in [-0.15, -0.1) is 0 Å². The second kappa shape index (κ2) is 2.99. The van der Waals surface area contributed by atoms with Gasteiger partial charge in [-0.25, -0.2) is 0 Å². The third kappa shape index (κ3) is 1.65. The van der Waals surface area contributed by atoms with E-state index in [4.69, 9.17) is 5.11 Å². The minimum Gasteiger partial charge on any atom is -0.480 e. The van der Waals surface area contributed by atoms with E-state index in [9.17, 15) is 9.59 Å². The van der Waals surface area contributed by atoms with Crippen LogP contribution < -0.4 is 4.87 Å². The minimum absolute atomic E-state index is 0.163. The van der Waals surface area contributed by atoms with Crippen LogP contribution in [-0.4, -0.2) is 15.6 Å². The van der Waals surface area contributed by atoms with Crippen LogP contribution in [0, 0.1) is 0 Å². The van der Waals surface area contributed by atoms with Gasteiger partial charge >= 0.3 is 10.8 Å². The highest BCUT2D eigenvalue weighted by Gasteiger charge is 2.28. The number of carboxylic acids is 1. The molecule has 1 aliphatic carbocycles. The van der Waals surface area contributed by atoms with Crippen LogP contribution in [0.2, 0.25) is 0 Å². The molecular weight excluding hydrogens is 190 g/mol. The quantitative estimate of drug-likeness (QED) is 0.785. The molecule has 1 fully saturated rings. The molecule has 0 aliphatic heterocycles. The van der Waals surface area contributed by atoms with E-state index in [0.29, 0.717) is 5.92 Å². The Labute approximate surface area is 78.4 Å². The summed E-state index contributed by atoms with van der Waals surface area (Å²) in [5.74, 6) is -0.527. The topological polar surface area (TPSA) is 59.3 Å². The van der Waals surface area contributed by atoms with Crippen LogP contribution in [0.4, 0.5) is 0 Å². The van der Waals surface area contributed by atoms with Crippen LogP contribution in [-0.2, 0) is 11.3 Å². The third-order valence-electron chi connectivity index (χ3n) is 2.10. The molecular formula is C8H9NO3S. The fourth-order valence-electron chi connectivity index (χ4n) is 1.33. The molecule has 0 saturated heterocycles. The summed E-state index contributed by atoms with van der Waals surface area (Å²) in [6.45, 7) is -0.200. The maximum atomic E-state index is 11.2. The van der Waals surface area contributed by atoms with Gasteiger partial charge in [-0.3, -0.25) is 14.2 Å². The van der Waals surface area contributed by atoms with Crippen molar-refractivity contribution >= 4 is 17.3 Å². The molecule has 0 radical (unpaired) electrons. The number of rotatable bonds is 3. The molecule has 0 aromatic carbocycles. The number of hydrogen-bond acceptors (Lipinski definition) is 3. The van der Waals surface area contributed by atoms with Gasteiger partial charge < -0.3 is 5.11 Å². The van der Waals surface area contributed by atoms with Gasteiger partial charge in [-0.2, -0.15) is 0 Å². The Morgan fingerprint density at radius 1 is 1.69 bits per heavy atom. The van der Waals surface area contributed by atoms with Gasteiger partial charge in [-0.1, -0.05) is 11.3 Å². The van der Waals surface area contributed by atoms with Crippen molar-refractivity contribution in [3.8, 4) is 0 Å². The van der Waals surface area contributed by atoms with Crippen molar-refractivity contribution in [3.05, 3.63) is 20.7 Å². The lowest BCUT2D eigenvalue weighted by molar-refractivity contribution is -0.137. The van der Waals surface area contributed by atoms with Crippen LogP contribution in [0.25, 0.3) is 0 Å². The Morgan fingerprint density at radius 3 is 2.92 bits per heavy atom. The number of nitrogens with zero attached hydrogens (tertiary/aromatic N) is 1. The smallest absolute Gasteiger partial charge is 0.323 e. The molecule has 0 amide bonds. The standard InChI is InChI=1S/C8H9NO3S/c10-7(11)3-9-6(5-1-2-5)4-13-8(9)12/h4-5H,1-3H2,(H,10,11). The van der Waals surface area contributed by atoms with E-state index in [-0.39, 0.29) is 11.4 Å². The average Bonchev–Trinajstić information content (AvgIpc) is 2.81. The maximum Gasteiger partial charge on any atom is 0.323 e. The summed E-state index contributed by atoms with van der Waals surface area (Å²) in [5, 5.41) is 10.4. The molecule has 1 saturated carbocycles. The molecule has 1 aromatic heterocycles. The maximum absolute atomic E-state index is 11.2. The first kappa shape index (κ1) is 8.50. The van der Waals surface area contributed by atoms with Gasteiger partial charge in [0.05, 0.1) is 0 Å². The van der Waals surface area contributed by atoms with Crippen molar-refractivity contribution in [1.29, 1.82) is 0 Å². The largest absolute Gasteiger partial charge is 0.480 e. The van der Waals surface area contributed by atoms with Gasteiger partial charge in [0.15, 0.2) is 0 Å². The number of carboxylic acid groups (broad SMARTS) is 1. The van der Waals surface area contributed by atoms with Crippen LogP contribution in [0.1, 0.15) is 24.5 Å². The zero-order valence-corrected chi connectivity index (χ0v) is 7.71. The molecule has 70 valence electrons. The summed E-state index contributed by atoms with van der Waals surface area (Å²) in [6.07, 6.45) is 2.16. The Morgan fingerprint density at radius 2 is 2.38 bits per heavy atom. The van der Waals surface area contributed by atoms with E-state index in [0.717, 1.165) is 29.9 Å². The molecule has 1 N–H and O–H groups in total. The Kier molecular flexibility index (Phi) is 1.95. The minimum atomic E-state index is -0.956. The Bertz CT molecular complexity index is 388. The number of aromatic nitrogens is 1. The van der Waals surface area contributed by atoms with Crippen molar-refractivity contribution in [2.45, 2.75) is 25.3 Å². The van der Waals surface area contributed by atoms with Crippen molar-refractivity contribution in [1.82, 2.24) is 4.57 Å². The number of hydrogen-bond donors (Lipinski definition) is 1. The second-order valence-electron chi connectivity index (χ2n) is 3.18. The molecule has 0 spiro atoms. The van der Waals surface area contributed by atoms with Gasteiger partial charge in [-0.05, 0) is 12.8 Å². The first-order chi connectivity index (χ1) is 6.18. The summed E-state index contributed by atoms with van der Waals surface area (Å²) in [7, 11) is 0. The van der Waals surface area contributed by atoms with Gasteiger partial charge in [0.1, 0.15) is 6.54 Å². The highest BCUT2D eigenvalue weighted by atomic mass is 32.1. The van der Waals surface area contributed by atoms with Crippen molar-refractivity contribution in [3.63, 3.8) is 0 Å². The average molecular weight is 199 g/mol. The van der Waals surface area contributed by atoms with Gasteiger partial charge in [0.25, 0.3) is 0 Å². The lowest BCUT2D eigenvalue weighted by Gasteiger charge is -2.01. The first-order valence-electron chi connectivity index (χ1n) is 4.08. The molecule has 1 aromatic rings. The first-order valence-corrected chi connectivity index (χ1v) is 4.96. The summed E-state index contributed by atoms with van der Waals surface area (Å²) in [6, 6.07) is 0.